The highest BCUT2D eigenvalue weighted by Crippen LogP contribution is 2.37. The van der Waals surface area contributed by atoms with E-state index in [9.17, 15) is 4.39 Å². The van der Waals surface area contributed by atoms with Gasteiger partial charge in [-0.25, -0.2) is 4.39 Å². The topological polar surface area (TPSA) is 30.5 Å². The van der Waals surface area contributed by atoms with E-state index in [1.165, 1.54) is 12.1 Å². The second kappa shape index (κ2) is 6.91. The molecule has 1 atom stereocenters. The summed E-state index contributed by atoms with van der Waals surface area (Å²) in [7, 11) is 5.03. The zero-order chi connectivity index (χ0) is 15.4. The van der Waals surface area contributed by atoms with E-state index < -0.39 is 0 Å². The second-order valence-electron chi connectivity index (χ2n) is 4.51. The maximum absolute atomic E-state index is 13.5. The lowest BCUT2D eigenvalue weighted by atomic mass is 9.97. The fraction of sp³-hybridized carbons (Fsp3) is 0.250. The van der Waals surface area contributed by atoms with Gasteiger partial charge in [0.15, 0.2) is 0 Å². The van der Waals surface area contributed by atoms with Crippen molar-refractivity contribution in [3.8, 4) is 11.5 Å². The van der Waals surface area contributed by atoms with Crippen LogP contribution < -0.4 is 14.8 Å². The lowest BCUT2D eigenvalue weighted by Gasteiger charge is -2.21. The van der Waals surface area contributed by atoms with Crippen molar-refractivity contribution in [2.75, 3.05) is 21.3 Å². The van der Waals surface area contributed by atoms with Gasteiger partial charge in [-0.3, -0.25) is 0 Å². The Kier molecular flexibility index (Phi) is 5.20. The summed E-state index contributed by atoms with van der Waals surface area (Å²) in [6.07, 6.45) is 0. The van der Waals surface area contributed by atoms with Gasteiger partial charge in [0.25, 0.3) is 0 Å². The molecule has 0 heterocycles. The fourth-order valence-corrected chi connectivity index (χ4v) is 2.78. The second-order valence-corrected chi connectivity index (χ2v) is 5.36. The summed E-state index contributed by atoms with van der Waals surface area (Å²) in [6.45, 7) is 0. The third-order valence-corrected chi connectivity index (χ3v) is 3.91. The normalized spacial score (nSPS) is 12.0. The Labute approximate surface area is 132 Å². The fourth-order valence-electron chi connectivity index (χ4n) is 2.30. The third kappa shape index (κ3) is 3.36. The van der Waals surface area contributed by atoms with Gasteiger partial charge in [0.05, 0.1) is 24.7 Å². The van der Waals surface area contributed by atoms with Gasteiger partial charge in [-0.05, 0) is 52.8 Å². The van der Waals surface area contributed by atoms with E-state index >= 15 is 0 Å². The molecule has 1 unspecified atom stereocenters. The number of methoxy groups -OCH3 is 2. The summed E-state index contributed by atoms with van der Waals surface area (Å²) >= 11 is 3.44. The molecule has 3 nitrogen and oxygen atoms in total. The minimum Gasteiger partial charge on any atom is -0.496 e. The molecule has 21 heavy (non-hydrogen) atoms. The number of halogens is 2. The van der Waals surface area contributed by atoms with E-state index in [1.807, 2.05) is 25.2 Å². The van der Waals surface area contributed by atoms with Gasteiger partial charge in [-0.1, -0.05) is 12.1 Å². The largest absolute Gasteiger partial charge is 0.496 e. The molecular weight excluding hydrogens is 337 g/mol. The van der Waals surface area contributed by atoms with Crippen LogP contribution in [0.25, 0.3) is 0 Å². The number of nitrogens with one attached hydrogen (secondary N) is 1. The van der Waals surface area contributed by atoms with Gasteiger partial charge in [-0.2, -0.15) is 0 Å². The number of rotatable bonds is 5. The molecule has 0 bridgehead atoms. The van der Waals surface area contributed by atoms with Crippen molar-refractivity contribution >= 4 is 15.9 Å². The van der Waals surface area contributed by atoms with Gasteiger partial charge in [-0.15, -0.1) is 0 Å². The van der Waals surface area contributed by atoms with E-state index in [0.29, 0.717) is 11.5 Å². The summed E-state index contributed by atoms with van der Waals surface area (Å²) in [5.41, 5.74) is 1.70. The van der Waals surface area contributed by atoms with Crippen molar-refractivity contribution in [3.05, 3.63) is 57.8 Å². The predicted octanol–water partition coefficient (Wildman–Crippen LogP) is 3.91. The Morgan fingerprint density at radius 2 is 1.81 bits per heavy atom. The molecule has 2 aromatic carbocycles. The first-order valence-corrected chi connectivity index (χ1v) is 7.24. The predicted molar refractivity (Wildman–Crippen MR) is 84.5 cm³/mol. The molecule has 0 radical (unpaired) electrons. The van der Waals surface area contributed by atoms with E-state index in [0.717, 1.165) is 15.6 Å². The number of hydrogen-bond acceptors (Lipinski definition) is 3. The van der Waals surface area contributed by atoms with Gasteiger partial charge >= 0.3 is 0 Å². The van der Waals surface area contributed by atoms with E-state index in [2.05, 4.69) is 21.2 Å². The average Bonchev–Trinajstić information content (AvgIpc) is 2.49. The van der Waals surface area contributed by atoms with Crippen LogP contribution in [0.15, 0.2) is 40.9 Å². The number of hydrogen-bond donors (Lipinski definition) is 1. The Bertz CT molecular complexity index is 634. The Hall–Kier alpha value is -1.59. The molecule has 0 aliphatic heterocycles. The van der Waals surface area contributed by atoms with Crippen molar-refractivity contribution in [3.63, 3.8) is 0 Å². The quantitative estimate of drug-likeness (QED) is 0.883. The van der Waals surface area contributed by atoms with Crippen LogP contribution >= 0.6 is 15.9 Å². The minimum atomic E-state index is -0.268. The molecule has 0 aromatic heterocycles. The van der Waals surface area contributed by atoms with E-state index in [-0.39, 0.29) is 11.9 Å². The zero-order valence-electron chi connectivity index (χ0n) is 12.1. The highest BCUT2D eigenvalue weighted by Gasteiger charge is 2.19. The van der Waals surface area contributed by atoms with Crippen molar-refractivity contribution in [1.29, 1.82) is 0 Å². The van der Waals surface area contributed by atoms with Crippen molar-refractivity contribution in [2.24, 2.45) is 0 Å². The monoisotopic (exact) mass is 353 g/mol. The van der Waals surface area contributed by atoms with Gasteiger partial charge < -0.3 is 14.8 Å². The molecule has 112 valence electrons. The van der Waals surface area contributed by atoms with Gasteiger partial charge in [0.2, 0.25) is 0 Å². The van der Waals surface area contributed by atoms with Crippen molar-refractivity contribution in [1.82, 2.24) is 5.32 Å². The SMILES string of the molecule is CNC(c1cccc(F)c1)c1cc(OC)c(Br)cc1OC. The van der Waals surface area contributed by atoms with Crippen LogP contribution in [-0.4, -0.2) is 21.3 Å². The minimum absolute atomic E-state index is 0.197. The van der Waals surface area contributed by atoms with Crippen LogP contribution in [0.1, 0.15) is 17.2 Å². The summed E-state index contributed by atoms with van der Waals surface area (Å²) in [5, 5.41) is 3.19. The standard InChI is InChI=1S/C16H17BrFNO2/c1-19-16(10-5-4-6-11(18)7-10)12-8-15(21-3)13(17)9-14(12)20-2/h4-9,16,19H,1-3H3. The summed E-state index contributed by atoms with van der Waals surface area (Å²) in [4.78, 5) is 0. The van der Waals surface area contributed by atoms with Crippen LogP contribution in [0, 0.1) is 5.82 Å². The molecule has 1 N–H and O–H groups in total. The van der Waals surface area contributed by atoms with Crippen molar-refractivity contribution in [2.45, 2.75) is 6.04 Å². The molecule has 2 rings (SSSR count). The molecule has 0 saturated heterocycles. The van der Waals surface area contributed by atoms with Crippen molar-refractivity contribution < 1.29 is 13.9 Å². The molecule has 0 spiro atoms. The molecule has 0 amide bonds. The first-order chi connectivity index (χ1) is 10.1. The molecule has 0 aliphatic rings. The van der Waals surface area contributed by atoms with Gasteiger partial charge in [0, 0.05) is 5.56 Å². The van der Waals surface area contributed by atoms with Crippen LogP contribution in [-0.2, 0) is 0 Å². The van der Waals surface area contributed by atoms with Crippen LogP contribution in [0.3, 0.4) is 0 Å². The lowest BCUT2D eigenvalue weighted by molar-refractivity contribution is 0.393. The van der Waals surface area contributed by atoms with Crippen LogP contribution in [0.5, 0.6) is 11.5 Å². The van der Waals surface area contributed by atoms with E-state index in [4.69, 9.17) is 9.47 Å². The van der Waals surface area contributed by atoms with E-state index in [1.54, 1.807) is 20.3 Å². The van der Waals surface area contributed by atoms with Gasteiger partial charge in [0.1, 0.15) is 17.3 Å². The first kappa shape index (κ1) is 15.8. The Balaban J connectivity index is 2.56. The average molecular weight is 354 g/mol. The third-order valence-electron chi connectivity index (χ3n) is 3.29. The Morgan fingerprint density at radius 1 is 1.10 bits per heavy atom. The molecular formula is C16H17BrFNO2. The molecule has 2 aromatic rings. The Morgan fingerprint density at radius 3 is 2.38 bits per heavy atom. The molecule has 5 heteroatoms. The number of benzene rings is 2. The molecule has 0 aliphatic carbocycles. The highest BCUT2D eigenvalue weighted by molar-refractivity contribution is 9.10. The number of ether oxygens (including phenoxy) is 2. The maximum atomic E-state index is 13.5. The van der Waals surface area contributed by atoms with Crippen LogP contribution in [0.2, 0.25) is 0 Å². The summed E-state index contributed by atoms with van der Waals surface area (Å²) in [6, 6.07) is 10.0. The zero-order valence-corrected chi connectivity index (χ0v) is 13.7. The summed E-state index contributed by atoms with van der Waals surface area (Å²) in [5.74, 6) is 1.13. The highest BCUT2D eigenvalue weighted by atomic mass is 79.9. The smallest absolute Gasteiger partial charge is 0.133 e. The summed E-state index contributed by atoms with van der Waals surface area (Å²) < 4.78 is 25.1. The van der Waals surface area contributed by atoms with Crippen LogP contribution in [0.4, 0.5) is 4.39 Å². The first-order valence-electron chi connectivity index (χ1n) is 6.44. The molecule has 0 saturated carbocycles. The molecule has 0 fully saturated rings. The maximum Gasteiger partial charge on any atom is 0.133 e. The lowest BCUT2D eigenvalue weighted by Crippen LogP contribution is -2.18.